The summed E-state index contributed by atoms with van der Waals surface area (Å²) < 4.78 is 0. The predicted molar refractivity (Wildman–Crippen MR) is 104 cm³/mol. The molecule has 0 bridgehead atoms. The Morgan fingerprint density at radius 3 is 2.67 bits per heavy atom. The molecule has 0 aliphatic heterocycles. The quantitative estimate of drug-likeness (QED) is 0.605. The first kappa shape index (κ1) is 18.0. The van der Waals surface area contributed by atoms with Gasteiger partial charge >= 0.3 is 0 Å². The van der Waals surface area contributed by atoms with Gasteiger partial charge in [0.25, 0.3) is 11.5 Å². The fourth-order valence-corrected chi connectivity index (χ4v) is 2.51. The summed E-state index contributed by atoms with van der Waals surface area (Å²) in [7, 11) is 3.38. The molecule has 3 rings (SSSR count). The van der Waals surface area contributed by atoms with E-state index in [1.807, 2.05) is 6.07 Å². The number of aromatic amines is 1. The van der Waals surface area contributed by atoms with Crippen LogP contribution in [0.1, 0.15) is 15.9 Å². The second kappa shape index (κ2) is 7.61. The molecule has 0 aliphatic rings. The molecular weight excluding hydrogens is 344 g/mol. The predicted octanol–water partition coefficient (Wildman–Crippen LogP) is 3.07. The van der Waals surface area contributed by atoms with Gasteiger partial charge in [-0.05, 0) is 42.5 Å². The highest BCUT2D eigenvalue weighted by Crippen LogP contribution is 2.17. The van der Waals surface area contributed by atoms with E-state index in [1.165, 1.54) is 11.1 Å². The molecule has 0 radical (unpaired) electrons. The van der Waals surface area contributed by atoms with E-state index < -0.39 is 0 Å². The third-order valence-electron chi connectivity index (χ3n) is 3.93. The molecule has 3 N–H and O–H groups in total. The van der Waals surface area contributed by atoms with Gasteiger partial charge in [0.05, 0.1) is 5.56 Å². The van der Waals surface area contributed by atoms with E-state index in [1.54, 1.807) is 56.7 Å². The van der Waals surface area contributed by atoms with E-state index in [9.17, 15) is 9.59 Å². The van der Waals surface area contributed by atoms with E-state index in [0.717, 1.165) is 5.39 Å². The number of pyridine rings is 2. The number of hydrogen-bond donors (Lipinski definition) is 3. The van der Waals surface area contributed by atoms with Crippen molar-refractivity contribution in [3.8, 4) is 0 Å². The van der Waals surface area contributed by atoms with Crippen molar-refractivity contribution in [3.63, 3.8) is 0 Å². The summed E-state index contributed by atoms with van der Waals surface area (Å²) in [6.45, 7) is 0. The highest BCUT2D eigenvalue weighted by atomic mass is 16.2. The van der Waals surface area contributed by atoms with Gasteiger partial charge in [-0.25, -0.2) is 10.5 Å². The number of rotatable bonds is 5. The van der Waals surface area contributed by atoms with Gasteiger partial charge in [0, 0.05) is 43.1 Å². The van der Waals surface area contributed by atoms with Crippen molar-refractivity contribution >= 4 is 28.3 Å². The lowest BCUT2D eigenvalue weighted by Crippen LogP contribution is -2.21. The maximum atomic E-state index is 12.3. The Morgan fingerprint density at radius 1 is 1.26 bits per heavy atom. The maximum Gasteiger partial charge on any atom is 0.259 e. The number of carbonyl (C=O) groups is 1. The van der Waals surface area contributed by atoms with Crippen LogP contribution in [0.15, 0.2) is 64.8 Å². The van der Waals surface area contributed by atoms with Crippen LogP contribution in [0.4, 0.5) is 5.69 Å². The van der Waals surface area contributed by atoms with Crippen molar-refractivity contribution in [2.24, 2.45) is 5.11 Å². The zero-order valence-corrected chi connectivity index (χ0v) is 14.9. The summed E-state index contributed by atoms with van der Waals surface area (Å²) >= 11 is 0. The Balaban J connectivity index is 1.87. The third-order valence-corrected chi connectivity index (χ3v) is 3.93. The molecule has 1 amide bonds. The molecule has 0 fully saturated rings. The molecule has 0 saturated carbocycles. The first-order valence-corrected chi connectivity index (χ1v) is 8.14. The lowest BCUT2D eigenvalue weighted by molar-refractivity contribution is 0.0827. The van der Waals surface area contributed by atoms with Crippen LogP contribution in [0, 0.1) is 5.53 Å². The van der Waals surface area contributed by atoms with Crippen LogP contribution < -0.4 is 10.9 Å². The van der Waals surface area contributed by atoms with Crippen LogP contribution in [-0.2, 0) is 0 Å². The molecule has 136 valence electrons. The number of carbonyl (C=O) groups excluding carboxylic acids is 1. The van der Waals surface area contributed by atoms with Gasteiger partial charge in [-0.3, -0.25) is 9.59 Å². The summed E-state index contributed by atoms with van der Waals surface area (Å²) in [6.07, 6.45) is 3.07. The van der Waals surface area contributed by atoms with Crippen molar-refractivity contribution in [1.29, 1.82) is 5.53 Å². The molecule has 2 aromatic heterocycles. The highest BCUT2D eigenvalue weighted by molar-refractivity contribution is 5.94. The van der Waals surface area contributed by atoms with Gasteiger partial charge < -0.3 is 15.2 Å². The number of nitrogens with zero attached hydrogens (tertiary/aromatic N) is 3. The Kier molecular flexibility index (Phi) is 5.07. The van der Waals surface area contributed by atoms with Gasteiger partial charge in [0.15, 0.2) is 0 Å². The molecule has 0 aliphatic carbocycles. The van der Waals surface area contributed by atoms with Gasteiger partial charge in [0.2, 0.25) is 0 Å². The average molecular weight is 362 g/mol. The van der Waals surface area contributed by atoms with Gasteiger partial charge in [-0.15, -0.1) is 0 Å². The van der Waals surface area contributed by atoms with Crippen LogP contribution in [0.3, 0.4) is 0 Å². The van der Waals surface area contributed by atoms with Crippen molar-refractivity contribution in [2.75, 3.05) is 19.4 Å². The van der Waals surface area contributed by atoms with E-state index in [-0.39, 0.29) is 22.7 Å². The Morgan fingerprint density at radius 2 is 2.00 bits per heavy atom. The minimum atomic E-state index is -0.378. The highest BCUT2D eigenvalue weighted by Gasteiger charge is 2.09. The maximum absolute atomic E-state index is 12.3. The SMILES string of the molecule is CN(C)C(=O)c1ccc(N/C=C(\N=N)c2cc3cccnc3[nH]c2=O)cc1. The molecule has 0 spiro atoms. The number of benzene rings is 1. The number of H-pyrrole nitrogens is 1. The summed E-state index contributed by atoms with van der Waals surface area (Å²) in [4.78, 5) is 32.5. The Hall–Kier alpha value is -3.81. The van der Waals surface area contributed by atoms with Crippen LogP contribution in [0.2, 0.25) is 0 Å². The first-order chi connectivity index (χ1) is 13.0. The van der Waals surface area contributed by atoms with Crippen LogP contribution in [0.25, 0.3) is 16.7 Å². The number of anilines is 1. The minimum Gasteiger partial charge on any atom is -0.360 e. The largest absolute Gasteiger partial charge is 0.360 e. The van der Waals surface area contributed by atoms with E-state index in [0.29, 0.717) is 16.9 Å². The third kappa shape index (κ3) is 3.90. The topological polar surface area (TPSA) is 114 Å². The lowest BCUT2D eigenvalue weighted by atomic mass is 10.1. The second-order valence-electron chi connectivity index (χ2n) is 6.02. The Labute approximate surface area is 155 Å². The van der Waals surface area contributed by atoms with Crippen LogP contribution in [0.5, 0.6) is 0 Å². The van der Waals surface area contributed by atoms with Crippen molar-refractivity contribution in [3.05, 3.63) is 76.3 Å². The van der Waals surface area contributed by atoms with Crippen molar-refractivity contribution < 1.29 is 4.79 Å². The summed E-state index contributed by atoms with van der Waals surface area (Å²) in [5.41, 5.74) is 9.21. The first-order valence-electron chi connectivity index (χ1n) is 8.14. The molecule has 1 aromatic carbocycles. The molecule has 8 nitrogen and oxygen atoms in total. The standard InChI is InChI=1S/C19H18N6O2/c1-25(2)19(27)12-5-7-14(8-6-12)22-11-16(24-20)15-10-13-4-3-9-21-17(13)23-18(15)26/h3-11,20,22H,1-2H3,(H,21,23,26)/b16-11-,24-20?. The molecule has 0 saturated heterocycles. The number of aromatic nitrogens is 2. The molecule has 0 atom stereocenters. The summed E-state index contributed by atoms with van der Waals surface area (Å²) in [5, 5.41) is 7.20. The van der Waals surface area contributed by atoms with E-state index in [2.05, 4.69) is 20.4 Å². The molecular formula is C19H18N6O2. The second-order valence-corrected chi connectivity index (χ2v) is 6.02. The van der Waals surface area contributed by atoms with Crippen molar-refractivity contribution in [2.45, 2.75) is 0 Å². The van der Waals surface area contributed by atoms with Gasteiger partial charge in [-0.2, -0.15) is 5.11 Å². The zero-order chi connectivity index (χ0) is 19.4. The average Bonchev–Trinajstić information content (AvgIpc) is 2.68. The van der Waals surface area contributed by atoms with Crippen molar-refractivity contribution in [1.82, 2.24) is 14.9 Å². The molecule has 0 unspecified atom stereocenters. The smallest absolute Gasteiger partial charge is 0.259 e. The Bertz CT molecular complexity index is 1080. The normalized spacial score (nSPS) is 11.3. The fourth-order valence-electron chi connectivity index (χ4n) is 2.51. The molecule has 3 aromatic rings. The monoisotopic (exact) mass is 362 g/mol. The van der Waals surface area contributed by atoms with Crippen LogP contribution in [-0.4, -0.2) is 34.9 Å². The minimum absolute atomic E-state index is 0.0877. The molecule has 8 heteroatoms. The van der Waals surface area contributed by atoms with E-state index in [4.69, 9.17) is 5.53 Å². The number of amides is 1. The number of hydrogen-bond acceptors (Lipinski definition) is 6. The fraction of sp³-hybridized carbons (Fsp3) is 0.105. The van der Waals surface area contributed by atoms with Crippen LogP contribution >= 0.6 is 0 Å². The summed E-state index contributed by atoms with van der Waals surface area (Å²) in [6, 6.07) is 12.1. The van der Waals surface area contributed by atoms with Gasteiger partial charge in [-0.1, -0.05) is 0 Å². The number of fused-ring (bicyclic) bond motifs is 1. The zero-order valence-electron chi connectivity index (χ0n) is 14.9. The van der Waals surface area contributed by atoms with Gasteiger partial charge in [0.1, 0.15) is 11.3 Å². The van der Waals surface area contributed by atoms with E-state index >= 15 is 0 Å². The number of nitrogens with one attached hydrogen (secondary N) is 3. The molecule has 27 heavy (non-hydrogen) atoms. The molecule has 2 heterocycles. The summed E-state index contributed by atoms with van der Waals surface area (Å²) in [5.74, 6) is -0.0877. The lowest BCUT2D eigenvalue weighted by Gasteiger charge is -2.10.